The van der Waals surface area contributed by atoms with E-state index in [0.29, 0.717) is 23.0 Å². The summed E-state index contributed by atoms with van der Waals surface area (Å²) in [5.74, 6) is 0.820. The maximum atomic E-state index is 13.1. The second kappa shape index (κ2) is 8.30. The number of furan rings is 1. The number of anilines is 1. The summed E-state index contributed by atoms with van der Waals surface area (Å²) in [6.07, 6.45) is 0. The number of rotatable bonds is 6. The van der Waals surface area contributed by atoms with Crippen LogP contribution in [0.4, 0.5) is 5.13 Å². The van der Waals surface area contributed by atoms with Gasteiger partial charge in [-0.2, -0.15) is 0 Å². The molecule has 4 rings (SSSR count). The second-order valence-corrected chi connectivity index (χ2v) is 8.45. The van der Waals surface area contributed by atoms with E-state index in [9.17, 15) is 4.79 Å². The molecule has 0 aliphatic rings. The number of methoxy groups -OCH3 is 1. The number of aryl methyl sites for hydroxylation is 1. The first-order valence-electron chi connectivity index (χ1n) is 9.54. The average molecular weight is 422 g/mol. The highest BCUT2D eigenvalue weighted by Crippen LogP contribution is 2.32. The number of ether oxygens (including phenoxy) is 1. The van der Waals surface area contributed by atoms with E-state index in [2.05, 4.69) is 10.3 Å². The van der Waals surface area contributed by atoms with Crippen molar-refractivity contribution in [3.63, 3.8) is 0 Å². The Morgan fingerprint density at radius 3 is 2.60 bits per heavy atom. The van der Waals surface area contributed by atoms with Crippen LogP contribution in [0.3, 0.4) is 0 Å². The lowest BCUT2D eigenvalue weighted by Crippen LogP contribution is -2.17. The summed E-state index contributed by atoms with van der Waals surface area (Å²) in [6.45, 7) is 2.60. The molecule has 1 amide bonds. The van der Waals surface area contributed by atoms with Crippen LogP contribution in [0.2, 0.25) is 0 Å². The number of nitrogens with zero attached hydrogens (tertiary/aromatic N) is 2. The molecule has 154 valence electrons. The van der Waals surface area contributed by atoms with E-state index in [-0.39, 0.29) is 5.91 Å². The van der Waals surface area contributed by atoms with Gasteiger partial charge in [0.2, 0.25) is 0 Å². The van der Waals surface area contributed by atoms with Gasteiger partial charge < -0.3 is 14.1 Å². The Kier molecular flexibility index (Phi) is 5.57. The Balaban J connectivity index is 1.63. The summed E-state index contributed by atoms with van der Waals surface area (Å²) in [5, 5.41) is 4.41. The molecule has 0 fully saturated rings. The third-order valence-electron chi connectivity index (χ3n) is 4.76. The van der Waals surface area contributed by atoms with Crippen LogP contribution in [0.1, 0.15) is 21.0 Å². The van der Waals surface area contributed by atoms with E-state index < -0.39 is 0 Å². The first kappa shape index (κ1) is 20.1. The van der Waals surface area contributed by atoms with Crippen LogP contribution in [0.25, 0.3) is 22.2 Å². The van der Waals surface area contributed by atoms with Crippen LogP contribution < -0.4 is 10.1 Å². The Morgan fingerprint density at radius 2 is 1.90 bits per heavy atom. The SMILES string of the molecule is COc1ccc(-c2nc(NC(=O)c3oc4ccccc4c3CN(C)C)sc2C)cc1. The molecule has 0 saturated heterocycles. The van der Waals surface area contributed by atoms with Crippen molar-refractivity contribution in [2.24, 2.45) is 0 Å². The smallest absolute Gasteiger partial charge is 0.293 e. The van der Waals surface area contributed by atoms with E-state index in [1.165, 1.54) is 11.3 Å². The fraction of sp³-hybridized carbons (Fsp3) is 0.217. The van der Waals surface area contributed by atoms with E-state index in [1.54, 1.807) is 7.11 Å². The molecular formula is C23H23N3O3S. The average Bonchev–Trinajstić information content (AvgIpc) is 3.28. The zero-order chi connectivity index (χ0) is 21.3. The molecule has 2 aromatic carbocycles. The third kappa shape index (κ3) is 3.94. The number of carbonyl (C=O) groups excluding carboxylic acids is 1. The first-order valence-corrected chi connectivity index (χ1v) is 10.4. The number of carbonyl (C=O) groups is 1. The Hall–Kier alpha value is -3.16. The molecule has 0 aliphatic heterocycles. The number of fused-ring (bicyclic) bond motifs is 1. The van der Waals surface area contributed by atoms with Gasteiger partial charge >= 0.3 is 0 Å². The molecule has 0 atom stereocenters. The number of amides is 1. The second-order valence-electron chi connectivity index (χ2n) is 7.25. The summed E-state index contributed by atoms with van der Waals surface area (Å²) in [4.78, 5) is 20.7. The minimum absolute atomic E-state index is 0.293. The number of thiazole rings is 1. The standard InChI is InChI=1S/C23H23N3O3S/c1-14-20(15-9-11-16(28-4)12-10-15)24-23(30-14)25-22(27)21-18(13-26(2)3)17-7-5-6-8-19(17)29-21/h5-12H,13H2,1-4H3,(H,24,25,27). The van der Waals surface area contributed by atoms with Gasteiger partial charge in [0.05, 0.1) is 12.8 Å². The van der Waals surface area contributed by atoms with Crippen molar-refractivity contribution in [2.75, 3.05) is 26.5 Å². The largest absolute Gasteiger partial charge is 0.497 e. The molecule has 7 heteroatoms. The number of nitrogens with one attached hydrogen (secondary N) is 1. The van der Waals surface area contributed by atoms with Crippen molar-refractivity contribution >= 4 is 33.3 Å². The van der Waals surface area contributed by atoms with Crippen LogP contribution in [0, 0.1) is 6.92 Å². The zero-order valence-corrected chi connectivity index (χ0v) is 18.2. The van der Waals surface area contributed by atoms with Gasteiger partial charge in [0.15, 0.2) is 10.9 Å². The van der Waals surface area contributed by atoms with Crippen molar-refractivity contribution in [3.05, 3.63) is 64.7 Å². The summed E-state index contributed by atoms with van der Waals surface area (Å²) < 4.78 is 11.1. The highest BCUT2D eigenvalue weighted by atomic mass is 32.1. The molecule has 30 heavy (non-hydrogen) atoms. The van der Waals surface area contributed by atoms with Crippen molar-refractivity contribution < 1.29 is 13.9 Å². The highest BCUT2D eigenvalue weighted by Gasteiger charge is 2.22. The van der Waals surface area contributed by atoms with E-state index in [4.69, 9.17) is 9.15 Å². The normalized spacial score (nSPS) is 11.2. The molecule has 2 aromatic heterocycles. The Morgan fingerprint density at radius 1 is 1.17 bits per heavy atom. The van der Waals surface area contributed by atoms with Crippen molar-refractivity contribution in [1.29, 1.82) is 0 Å². The quantitative estimate of drug-likeness (QED) is 0.464. The van der Waals surface area contributed by atoms with Gasteiger partial charge in [-0.1, -0.05) is 18.2 Å². The molecule has 0 saturated carbocycles. The molecular weight excluding hydrogens is 398 g/mol. The molecule has 0 unspecified atom stereocenters. The van der Waals surface area contributed by atoms with E-state index in [0.717, 1.165) is 32.8 Å². The predicted molar refractivity (Wildman–Crippen MR) is 120 cm³/mol. The van der Waals surface area contributed by atoms with Crippen LogP contribution in [0.15, 0.2) is 52.9 Å². The van der Waals surface area contributed by atoms with Crippen LogP contribution in [-0.4, -0.2) is 37.0 Å². The number of hydrogen-bond acceptors (Lipinski definition) is 6. The Bertz CT molecular complexity index is 1190. The van der Waals surface area contributed by atoms with Gasteiger partial charge in [0.25, 0.3) is 5.91 Å². The van der Waals surface area contributed by atoms with Crippen molar-refractivity contribution in [1.82, 2.24) is 9.88 Å². The molecule has 1 N–H and O–H groups in total. The minimum Gasteiger partial charge on any atom is -0.497 e. The van der Waals surface area contributed by atoms with Gasteiger partial charge in [-0.3, -0.25) is 10.1 Å². The number of aromatic nitrogens is 1. The van der Waals surface area contributed by atoms with Crippen molar-refractivity contribution in [3.8, 4) is 17.0 Å². The van der Waals surface area contributed by atoms with Gasteiger partial charge in [-0.25, -0.2) is 4.98 Å². The Labute approximate surface area is 179 Å². The molecule has 2 heterocycles. The minimum atomic E-state index is -0.293. The fourth-order valence-corrected chi connectivity index (χ4v) is 4.21. The summed E-state index contributed by atoms with van der Waals surface area (Å²) in [6, 6.07) is 15.4. The molecule has 0 radical (unpaired) electrons. The molecule has 0 bridgehead atoms. The first-order chi connectivity index (χ1) is 14.5. The van der Waals surface area contributed by atoms with E-state index in [1.807, 2.05) is 74.4 Å². The summed E-state index contributed by atoms with van der Waals surface area (Å²) in [7, 11) is 5.57. The lowest BCUT2D eigenvalue weighted by Gasteiger charge is -2.09. The van der Waals surface area contributed by atoms with Crippen molar-refractivity contribution in [2.45, 2.75) is 13.5 Å². The molecule has 4 aromatic rings. The number of hydrogen-bond donors (Lipinski definition) is 1. The van der Waals surface area contributed by atoms with Gasteiger partial charge in [-0.05, 0) is 51.4 Å². The zero-order valence-electron chi connectivity index (χ0n) is 17.4. The molecule has 0 spiro atoms. The van der Waals surface area contributed by atoms with E-state index >= 15 is 0 Å². The van der Waals surface area contributed by atoms with Crippen LogP contribution >= 0.6 is 11.3 Å². The molecule has 6 nitrogen and oxygen atoms in total. The van der Waals surface area contributed by atoms with Crippen LogP contribution in [0.5, 0.6) is 5.75 Å². The van der Waals surface area contributed by atoms with Gasteiger partial charge in [-0.15, -0.1) is 11.3 Å². The molecule has 0 aliphatic carbocycles. The lowest BCUT2D eigenvalue weighted by atomic mass is 10.1. The fourth-order valence-electron chi connectivity index (χ4n) is 3.38. The third-order valence-corrected chi connectivity index (χ3v) is 5.65. The predicted octanol–water partition coefficient (Wildman–Crippen LogP) is 5.19. The summed E-state index contributed by atoms with van der Waals surface area (Å²) in [5.41, 5.74) is 3.39. The highest BCUT2D eigenvalue weighted by molar-refractivity contribution is 7.16. The van der Waals surface area contributed by atoms with Gasteiger partial charge in [0, 0.05) is 27.9 Å². The lowest BCUT2D eigenvalue weighted by molar-refractivity contribution is 0.0996. The number of benzene rings is 2. The topological polar surface area (TPSA) is 67.6 Å². The number of para-hydroxylation sites is 1. The van der Waals surface area contributed by atoms with Gasteiger partial charge in [0.1, 0.15) is 11.3 Å². The summed E-state index contributed by atoms with van der Waals surface area (Å²) >= 11 is 1.44. The maximum absolute atomic E-state index is 13.1. The monoisotopic (exact) mass is 421 g/mol. The van der Waals surface area contributed by atoms with Crippen LogP contribution in [-0.2, 0) is 6.54 Å². The maximum Gasteiger partial charge on any atom is 0.293 e.